The zero-order valence-corrected chi connectivity index (χ0v) is 22.2. The molecule has 0 spiro atoms. The molecule has 10 nitrogen and oxygen atoms in total. The van der Waals surface area contributed by atoms with E-state index in [0.717, 1.165) is 11.8 Å². The van der Waals surface area contributed by atoms with Crippen LogP contribution in [0.15, 0.2) is 58.4 Å². The predicted molar refractivity (Wildman–Crippen MR) is 139 cm³/mol. The lowest BCUT2D eigenvalue weighted by Gasteiger charge is -2.27. The molecule has 0 saturated carbocycles. The van der Waals surface area contributed by atoms with Gasteiger partial charge in [-0.05, 0) is 25.3 Å². The zero-order valence-electron chi connectivity index (χ0n) is 22.2. The highest BCUT2D eigenvalue weighted by Gasteiger charge is 2.33. The number of ketones is 1. The van der Waals surface area contributed by atoms with Gasteiger partial charge in [-0.3, -0.25) is 14.4 Å². The Hall–Kier alpha value is -3.79. The summed E-state index contributed by atoms with van der Waals surface area (Å²) in [4.78, 5) is 56.3. The van der Waals surface area contributed by atoms with Crippen molar-refractivity contribution in [2.45, 2.75) is 59.2 Å². The summed E-state index contributed by atoms with van der Waals surface area (Å²) in [6, 6.07) is 0. The van der Waals surface area contributed by atoms with Gasteiger partial charge in [0.05, 0.1) is 12.5 Å². The first-order valence-corrected chi connectivity index (χ1v) is 12.7. The van der Waals surface area contributed by atoms with Crippen molar-refractivity contribution in [3.05, 3.63) is 65.6 Å². The number of aliphatic hydroxyl groups is 1. The number of Topliss-reactive ketones (excluding diaryl/α,β-unsaturated/α-hetero) is 1. The van der Waals surface area contributed by atoms with Gasteiger partial charge in [0.2, 0.25) is 11.8 Å². The van der Waals surface area contributed by atoms with E-state index >= 15 is 0 Å². The molecule has 2 aliphatic rings. The summed E-state index contributed by atoms with van der Waals surface area (Å²) in [5, 5.41) is 13.0. The quantitative estimate of drug-likeness (QED) is 0.534. The standard InChI is InChI=1S/C28H35N3O7/c1-17(2)26-19(4)9-10-24(34)29-11-5-7-18(3)13-20(32)14-21(33)15-25-30-22(16-37-25)27(35)31-12-6-8-23(31)28(36)38-26/h5,7-10,13,16-17,19-20,26,32H,6,11-12,14-15H2,1-4H3,(H,29,34)/b7-5-,10-9+,18-13?. The van der Waals surface area contributed by atoms with E-state index in [4.69, 9.17) is 9.15 Å². The Balaban J connectivity index is 1.86. The molecule has 0 saturated heterocycles. The maximum absolute atomic E-state index is 13.1. The fourth-order valence-corrected chi connectivity index (χ4v) is 4.33. The molecule has 3 unspecified atom stereocenters. The molecule has 3 atom stereocenters. The molecule has 3 heterocycles. The first-order chi connectivity index (χ1) is 18.0. The number of esters is 1. The number of rotatable bonds is 1. The van der Waals surface area contributed by atoms with Gasteiger partial charge >= 0.3 is 5.97 Å². The van der Waals surface area contributed by atoms with Crippen molar-refractivity contribution in [1.29, 1.82) is 0 Å². The second-order valence-corrected chi connectivity index (χ2v) is 9.84. The summed E-state index contributed by atoms with van der Waals surface area (Å²) in [5.41, 5.74) is 0.809. The van der Waals surface area contributed by atoms with Crippen molar-refractivity contribution < 1.29 is 33.4 Å². The van der Waals surface area contributed by atoms with E-state index in [1.54, 1.807) is 37.3 Å². The van der Waals surface area contributed by atoms with E-state index < -0.39 is 24.1 Å². The van der Waals surface area contributed by atoms with Crippen LogP contribution >= 0.6 is 0 Å². The number of hydrogen-bond donors (Lipinski definition) is 2. The van der Waals surface area contributed by atoms with E-state index in [1.807, 2.05) is 20.8 Å². The van der Waals surface area contributed by atoms with E-state index in [9.17, 15) is 24.3 Å². The van der Waals surface area contributed by atoms with Crippen LogP contribution in [0.4, 0.5) is 0 Å². The summed E-state index contributed by atoms with van der Waals surface area (Å²) in [5.74, 6) is -2.07. The highest BCUT2D eigenvalue weighted by molar-refractivity contribution is 6.00. The molecule has 2 bridgehead atoms. The van der Waals surface area contributed by atoms with Crippen LogP contribution < -0.4 is 5.32 Å². The first-order valence-electron chi connectivity index (χ1n) is 12.7. The Morgan fingerprint density at radius 2 is 1.95 bits per heavy atom. The number of fused-ring (bicyclic) bond motifs is 3. The van der Waals surface area contributed by atoms with Crippen LogP contribution in [0.5, 0.6) is 0 Å². The number of allylic oxidation sites excluding steroid dienone is 2. The number of nitrogens with zero attached hydrogens (tertiary/aromatic N) is 2. The number of aliphatic hydroxyl groups excluding tert-OH is 1. The van der Waals surface area contributed by atoms with Crippen LogP contribution in [-0.4, -0.2) is 63.9 Å². The minimum atomic E-state index is -1.01. The molecule has 0 fully saturated rings. The van der Waals surface area contributed by atoms with Gasteiger partial charge in [-0.25, -0.2) is 9.78 Å². The molecule has 1 aromatic rings. The number of nitrogens with one attached hydrogen (secondary N) is 1. The molecule has 0 aliphatic carbocycles. The molecule has 204 valence electrons. The van der Waals surface area contributed by atoms with Crippen molar-refractivity contribution in [1.82, 2.24) is 15.2 Å². The highest BCUT2D eigenvalue weighted by atomic mass is 16.5. The van der Waals surface area contributed by atoms with E-state index in [2.05, 4.69) is 10.3 Å². The second kappa shape index (κ2) is 13.1. The molecule has 38 heavy (non-hydrogen) atoms. The van der Waals surface area contributed by atoms with Crippen molar-refractivity contribution in [3.8, 4) is 0 Å². The third-order valence-corrected chi connectivity index (χ3v) is 6.19. The number of cyclic esters (lactones) is 1. The third-order valence-electron chi connectivity index (χ3n) is 6.19. The number of hydrogen-bond acceptors (Lipinski definition) is 8. The topological polar surface area (TPSA) is 139 Å². The van der Waals surface area contributed by atoms with Gasteiger partial charge in [0.15, 0.2) is 5.69 Å². The van der Waals surface area contributed by atoms with E-state index in [1.165, 1.54) is 11.0 Å². The molecular weight excluding hydrogens is 490 g/mol. The average Bonchev–Trinajstić information content (AvgIpc) is 3.52. The Morgan fingerprint density at radius 1 is 1.18 bits per heavy atom. The first kappa shape index (κ1) is 28.8. The van der Waals surface area contributed by atoms with Crippen LogP contribution in [-0.2, 0) is 25.5 Å². The monoisotopic (exact) mass is 525 g/mol. The summed E-state index contributed by atoms with van der Waals surface area (Å²) in [7, 11) is 0. The van der Waals surface area contributed by atoms with Crippen molar-refractivity contribution in [2.24, 2.45) is 11.8 Å². The maximum Gasteiger partial charge on any atom is 0.355 e. The Labute approximate surface area is 222 Å². The molecule has 0 radical (unpaired) electrons. The van der Waals surface area contributed by atoms with Crippen molar-refractivity contribution in [2.75, 3.05) is 13.1 Å². The SMILES string of the molecule is CC1=CC(O)CC(=O)Cc2nc(co2)C(=O)N2CCC=C2C(=O)OC(C(C)C)C(C)/C=C/C(=O)NC/C=C\1. The van der Waals surface area contributed by atoms with Gasteiger partial charge in [-0.1, -0.05) is 56.7 Å². The molecule has 2 N–H and O–H groups in total. The lowest BCUT2D eigenvalue weighted by Crippen LogP contribution is -2.36. The molecule has 2 aliphatic heterocycles. The number of ether oxygens (including phenoxy) is 1. The molecule has 3 rings (SSSR count). The summed E-state index contributed by atoms with van der Waals surface area (Å²) in [6.07, 6.45) is 9.48. The predicted octanol–water partition coefficient (Wildman–Crippen LogP) is 2.66. The lowest BCUT2D eigenvalue weighted by molar-refractivity contribution is -0.149. The number of carbonyl (C=O) groups excluding carboxylic acids is 4. The number of carbonyl (C=O) groups is 4. The van der Waals surface area contributed by atoms with Gasteiger partial charge in [0, 0.05) is 25.4 Å². The molecule has 2 amide bonds. The number of aromatic nitrogens is 1. The smallest absolute Gasteiger partial charge is 0.355 e. The van der Waals surface area contributed by atoms with Crippen molar-refractivity contribution in [3.63, 3.8) is 0 Å². The molecular formula is C28H35N3O7. The van der Waals surface area contributed by atoms with Crippen LogP contribution in [0.25, 0.3) is 0 Å². The average molecular weight is 526 g/mol. The van der Waals surface area contributed by atoms with Crippen molar-refractivity contribution >= 4 is 23.6 Å². The minimum absolute atomic E-state index is 0.0315. The van der Waals surface area contributed by atoms with Crippen LogP contribution in [0.2, 0.25) is 0 Å². The Kier molecular flexibility index (Phi) is 9.95. The van der Waals surface area contributed by atoms with Crippen LogP contribution in [0.3, 0.4) is 0 Å². The molecule has 1 aromatic heterocycles. The van der Waals surface area contributed by atoms with Gasteiger partial charge in [0.1, 0.15) is 23.8 Å². The molecule has 0 aromatic carbocycles. The lowest BCUT2D eigenvalue weighted by atomic mass is 9.94. The fourth-order valence-electron chi connectivity index (χ4n) is 4.33. The third kappa shape index (κ3) is 7.85. The highest BCUT2D eigenvalue weighted by Crippen LogP contribution is 2.24. The van der Waals surface area contributed by atoms with Gasteiger partial charge in [0.25, 0.3) is 5.91 Å². The molecule has 10 heteroatoms. The number of amides is 2. The van der Waals surface area contributed by atoms with Gasteiger partial charge < -0.3 is 24.5 Å². The summed E-state index contributed by atoms with van der Waals surface area (Å²) in [6.45, 7) is 8.00. The fraction of sp³-hybridized carbons (Fsp3) is 0.464. The largest absolute Gasteiger partial charge is 0.457 e. The summed E-state index contributed by atoms with van der Waals surface area (Å²) < 4.78 is 11.1. The van der Waals surface area contributed by atoms with Gasteiger partial charge in [-0.2, -0.15) is 0 Å². The van der Waals surface area contributed by atoms with E-state index in [-0.39, 0.29) is 66.7 Å². The van der Waals surface area contributed by atoms with Crippen LogP contribution in [0, 0.1) is 11.8 Å². The zero-order chi connectivity index (χ0) is 27.8. The summed E-state index contributed by atoms with van der Waals surface area (Å²) >= 11 is 0. The van der Waals surface area contributed by atoms with Gasteiger partial charge in [-0.15, -0.1) is 0 Å². The van der Waals surface area contributed by atoms with E-state index in [0.29, 0.717) is 6.42 Å². The Morgan fingerprint density at radius 3 is 2.68 bits per heavy atom. The normalized spacial score (nSPS) is 26.3. The second-order valence-electron chi connectivity index (χ2n) is 9.84. The Bertz CT molecular complexity index is 1170. The minimum Gasteiger partial charge on any atom is -0.457 e. The van der Waals surface area contributed by atoms with Crippen LogP contribution in [0.1, 0.15) is 56.9 Å². The number of oxazole rings is 1. The maximum atomic E-state index is 13.1.